The zero-order valence-corrected chi connectivity index (χ0v) is 9.22. The van der Waals surface area contributed by atoms with Crippen LogP contribution in [-0.4, -0.2) is 15.4 Å². The van der Waals surface area contributed by atoms with Gasteiger partial charge >= 0.3 is 5.97 Å². The van der Waals surface area contributed by atoms with E-state index in [1.165, 1.54) is 40.5 Å². The van der Waals surface area contributed by atoms with E-state index < -0.39 is 5.97 Å². The Morgan fingerprint density at radius 3 is 2.87 bits per heavy atom. The van der Waals surface area contributed by atoms with Crippen LogP contribution in [-0.2, 0) is 17.6 Å². The molecule has 0 aliphatic heterocycles. The predicted molar refractivity (Wildman–Crippen MR) is 57.2 cm³/mol. The van der Waals surface area contributed by atoms with Crippen LogP contribution in [0.15, 0.2) is 0 Å². The van der Waals surface area contributed by atoms with E-state index in [1.807, 2.05) is 0 Å². The average Bonchev–Trinajstić information content (AvgIpc) is 2.98. The van der Waals surface area contributed by atoms with Gasteiger partial charge in [-0.2, -0.15) is 4.37 Å². The molecule has 0 radical (unpaired) electrons. The number of fused-ring (bicyclic) bond motifs is 1. The SMILES string of the molecule is O=C(O)C1CCc2c(C3CC3)nsc2C1. The summed E-state index contributed by atoms with van der Waals surface area (Å²) in [5, 5.41) is 8.98. The van der Waals surface area contributed by atoms with Gasteiger partial charge in [-0.1, -0.05) is 0 Å². The third kappa shape index (κ3) is 1.57. The van der Waals surface area contributed by atoms with E-state index in [0.717, 1.165) is 12.8 Å². The lowest BCUT2D eigenvalue weighted by Crippen LogP contribution is -2.21. The molecule has 1 aromatic rings. The molecule has 2 aliphatic rings. The first-order valence-corrected chi connectivity index (χ1v) is 6.23. The van der Waals surface area contributed by atoms with Crippen LogP contribution in [0, 0.1) is 5.92 Å². The number of aliphatic carboxylic acids is 1. The van der Waals surface area contributed by atoms with Crippen LogP contribution < -0.4 is 0 Å². The molecule has 0 bridgehead atoms. The highest BCUT2D eigenvalue weighted by molar-refractivity contribution is 7.06. The Morgan fingerprint density at radius 1 is 1.40 bits per heavy atom. The molecule has 1 unspecified atom stereocenters. The van der Waals surface area contributed by atoms with Gasteiger partial charge in [-0.15, -0.1) is 0 Å². The molecule has 0 aromatic carbocycles. The Morgan fingerprint density at radius 2 is 2.20 bits per heavy atom. The van der Waals surface area contributed by atoms with Gasteiger partial charge < -0.3 is 5.11 Å². The second-order valence-corrected chi connectivity index (χ2v) is 5.38. The highest BCUT2D eigenvalue weighted by Crippen LogP contribution is 2.44. The maximum atomic E-state index is 10.9. The van der Waals surface area contributed by atoms with E-state index >= 15 is 0 Å². The van der Waals surface area contributed by atoms with E-state index in [-0.39, 0.29) is 5.92 Å². The van der Waals surface area contributed by atoms with Crippen molar-refractivity contribution in [2.24, 2.45) is 5.92 Å². The van der Waals surface area contributed by atoms with E-state index in [2.05, 4.69) is 4.37 Å². The number of carboxylic acid groups (broad SMARTS) is 1. The van der Waals surface area contributed by atoms with E-state index in [0.29, 0.717) is 12.3 Å². The number of carbonyl (C=O) groups is 1. The summed E-state index contributed by atoms with van der Waals surface area (Å²) in [7, 11) is 0. The van der Waals surface area contributed by atoms with Crippen molar-refractivity contribution in [1.29, 1.82) is 0 Å². The third-order valence-electron chi connectivity index (χ3n) is 3.39. The van der Waals surface area contributed by atoms with Crippen molar-refractivity contribution < 1.29 is 9.90 Å². The molecule has 3 rings (SSSR count). The summed E-state index contributed by atoms with van der Waals surface area (Å²) in [6, 6.07) is 0. The number of hydrogen-bond donors (Lipinski definition) is 1. The highest BCUT2D eigenvalue weighted by Gasteiger charge is 2.34. The van der Waals surface area contributed by atoms with Gasteiger partial charge in [0.2, 0.25) is 0 Å². The molecule has 0 saturated heterocycles. The highest BCUT2D eigenvalue weighted by atomic mass is 32.1. The van der Waals surface area contributed by atoms with Crippen LogP contribution in [0.25, 0.3) is 0 Å². The first kappa shape index (κ1) is 9.33. The molecule has 80 valence electrons. The Balaban J connectivity index is 1.88. The topological polar surface area (TPSA) is 50.2 Å². The van der Waals surface area contributed by atoms with Crippen molar-refractivity contribution in [3.05, 3.63) is 16.1 Å². The lowest BCUT2D eigenvalue weighted by molar-refractivity contribution is -0.142. The summed E-state index contributed by atoms with van der Waals surface area (Å²) in [6.45, 7) is 0. The van der Waals surface area contributed by atoms with Crippen molar-refractivity contribution in [1.82, 2.24) is 4.37 Å². The maximum Gasteiger partial charge on any atom is 0.306 e. The van der Waals surface area contributed by atoms with E-state index in [9.17, 15) is 4.79 Å². The molecule has 1 atom stereocenters. The van der Waals surface area contributed by atoms with Gasteiger partial charge in [0.05, 0.1) is 11.6 Å². The van der Waals surface area contributed by atoms with Crippen molar-refractivity contribution >= 4 is 17.5 Å². The second kappa shape index (κ2) is 3.30. The van der Waals surface area contributed by atoms with Crippen molar-refractivity contribution in [3.8, 4) is 0 Å². The minimum absolute atomic E-state index is 0.176. The lowest BCUT2D eigenvalue weighted by atomic mass is 9.87. The fourth-order valence-electron chi connectivity index (χ4n) is 2.32. The van der Waals surface area contributed by atoms with Crippen LogP contribution in [0.1, 0.15) is 41.3 Å². The van der Waals surface area contributed by atoms with Crippen molar-refractivity contribution in [2.45, 2.75) is 38.0 Å². The van der Waals surface area contributed by atoms with Crippen LogP contribution in [0.3, 0.4) is 0 Å². The van der Waals surface area contributed by atoms with Crippen LogP contribution >= 0.6 is 11.5 Å². The van der Waals surface area contributed by atoms with Gasteiger partial charge in [0.15, 0.2) is 0 Å². The molecule has 15 heavy (non-hydrogen) atoms. The normalized spacial score (nSPS) is 24.9. The van der Waals surface area contributed by atoms with E-state index in [1.54, 1.807) is 0 Å². The molecular weight excluding hydrogens is 210 g/mol. The minimum Gasteiger partial charge on any atom is -0.481 e. The number of carboxylic acids is 1. The largest absolute Gasteiger partial charge is 0.481 e. The average molecular weight is 223 g/mol. The number of rotatable bonds is 2. The zero-order valence-electron chi connectivity index (χ0n) is 8.40. The summed E-state index contributed by atoms with van der Waals surface area (Å²) >= 11 is 1.53. The van der Waals surface area contributed by atoms with Gasteiger partial charge in [0.1, 0.15) is 0 Å². The molecule has 3 nitrogen and oxygen atoms in total. The summed E-state index contributed by atoms with van der Waals surface area (Å²) in [5.74, 6) is -0.126. The molecule has 4 heteroatoms. The zero-order chi connectivity index (χ0) is 10.4. The Labute approximate surface area is 92.3 Å². The summed E-state index contributed by atoms with van der Waals surface area (Å²) in [4.78, 5) is 12.1. The Bertz CT molecular complexity index is 409. The molecule has 1 saturated carbocycles. The quantitative estimate of drug-likeness (QED) is 0.836. The maximum absolute atomic E-state index is 10.9. The van der Waals surface area contributed by atoms with Gasteiger partial charge in [-0.25, -0.2) is 0 Å². The molecule has 0 spiro atoms. The molecule has 1 heterocycles. The fourth-order valence-corrected chi connectivity index (χ4v) is 3.38. The Kier molecular flexibility index (Phi) is 2.06. The van der Waals surface area contributed by atoms with E-state index in [4.69, 9.17) is 5.11 Å². The molecule has 1 fully saturated rings. The Hall–Kier alpha value is -0.900. The number of aromatic nitrogens is 1. The first-order chi connectivity index (χ1) is 7.25. The van der Waals surface area contributed by atoms with Gasteiger partial charge in [-0.3, -0.25) is 4.79 Å². The molecule has 0 amide bonds. The first-order valence-electron chi connectivity index (χ1n) is 5.46. The lowest BCUT2D eigenvalue weighted by Gasteiger charge is -2.18. The van der Waals surface area contributed by atoms with Gasteiger partial charge in [-0.05, 0) is 49.2 Å². The predicted octanol–water partition coefficient (Wildman–Crippen LogP) is 2.21. The number of hydrogen-bond acceptors (Lipinski definition) is 3. The third-order valence-corrected chi connectivity index (χ3v) is 4.31. The van der Waals surface area contributed by atoms with Crippen molar-refractivity contribution in [3.63, 3.8) is 0 Å². The smallest absolute Gasteiger partial charge is 0.306 e. The van der Waals surface area contributed by atoms with Crippen molar-refractivity contribution in [2.75, 3.05) is 0 Å². The standard InChI is InChI=1S/C11H13NO2S/c13-11(14)7-3-4-8-9(5-7)15-12-10(8)6-1-2-6/h6-7H,1-5H2,(H,13,14). The summed E-state index contributed by atoms with van der Waals surface area (Å²) < 4.78 is 4.50. The monoisotopic (exact) mass is 223 g/mol. The number of nitrogens with zero attached hydrogens (tertiary/aromatic N) is 1. The molecule has 2 aliphatic carbocycles. The molecule has 1 N–H and O–H groups in total. The summed E-state index contributed by atoms with van der Waals surface area (Å²) in [5.41, 5.74) is 2.68. The van der Waals surface area contributed by atoms with Gasteiger partial charge in [0.25, 0.3) is 0 Å². The van der Waals surface area contributed by atoms with Crippen LogP contribution in [0.4, 0.5) is 0 Å². The minimum atomic E-state index is -0.651. The summed E-state index contributed by atoms with van der Waals surface area (Å²) in [6.07, 6.45) is 4.97. The molecule has 1 aromatic heterocycles. The second-order valence-electron chi connectivity index (χ2n) is 4.52. The molecular formula is C11H13NO2S. The van der Waals surface area contributed by atoms with Gasteiger partial charge in [0, 0.05) is 10.8 Å². The fraction of sp³-hybridized carbons (Fsp3) is 0.636. The van der Waals surface area contributed by atoms with Crippen LogP contribution in [0.5, 0.6) is 0 Å². The van der Waals surface area contributed by atoms with Crippen LogP contribution in [0.2, 0.25) is 0 Å².